The lowest BCUT2D eigenvalue weighted by Gasteiger charge is -2.14. The Morgan fingerprint density at radius 2 is 2.00 bits per heavy atom. The van der Waals surface area contributed by atoms with Crippen molar-refractivity contribution in [3.05, 3.63) is 35.9 Å². The summed E-state index contributed by atoms with van der Waals surface area (Å²) in [5.74, 6) is 0. The van der Waals surface area contributed by atoms with Gasteiger partial charge in [-0.3, -0.25) is 0 Å². The van der Waals surface area contributed by atoms with Gasteiger partial charge in [0.05, 0.1) is 0 Å². The topological polar surface area (TPSA) is 38.0 Å². The van der Waals surface area contributed by atoms with Crippen LogP contribution in [0.15, 0.2) is 30.3 Å². The average Bonchev–Trinajstić information content (AvgIpc) is 2.19. The van der Waals surface area contributed by atoms with Gasteiger partial charge in [-0.15, -0.1) is 0 Å². The molecule has 2 heteroatoms. The number of hydrogen-bond acceptors (Lipinski definition) is 2. The standard InChI is InChI=1S/C11H18N2/c1-13-11(7-8-12)9-10-5-3-2-4-6-10/h2-6,11,13H,7-9,12H2,1H3. The van der Waals surface area contributed by atoms with E-state index in [2.05, 4.69) is 29.6 Å². The minimum atomic E-state index is 0.507. The molecule has 0 spiro atoms. The van der Waals surface area contributed by atoms with E-state index >= 15 is 0 Å². The van der Waals surface area contributed by atoms with Gasteiger partial charge in [0.15, 0.2) is 0 Å². The first-order chi connectivity index (χ1) is 6.36. The zero-order chi connectivity index (χ0) is 9.52. The van der Waals surface area contributed by atoms with Crippen molar-refractivity contribution in [3.8, 4) is 0 Å². The van der Waals surface area contributed by atoms with E-state index in [0.717, 1.165) is 19.4 Å². The number of nitrogens with two attached hydrogens (primary N) is 1. The molecule has 0 saturated carbocycles. The predicted molar refractivity (Wildman–Crippen MR) is 56.7 cm³/mol. The molecule has 0 aromatic heterocycles. The van der Waals surface area contributed by atoms with E-state index in [-0.39, 0.29) is 0 Å². The van der Waals surface area contributed by atoms with Gasteiger partial charge in [-0.25, -0.2) is 0 Å². The fourth-order valence-corrected chi connectivity index (χ4v) is 1.45. The van der Waals surface area contributed by atoms with Gasteiger partial charge < -0.3 is 11.1 Å². The van der Waals surface area contributed by atoms with Gasteiger partial charge in [0.1, 0.15) is 0 Å². The van der Waals surface area contributed by atoms with E-state index in [9.17, 15) is 0 Å². The molecular weight excluding hydrogens is 160 g/mol. The zero-order valence-corrected chi connectivity index (χ0v) is 8.16. The average molecular weight is 178 g/mol. The Bertz CT molecular complexity index is 221. The molecule has 0 saturated heterocycles. The zero-order valence-electron chi connectivity index (χ0n) is 8.16. The van der Waals surface area contributed by atoms with Crippen molar-refractivity contribution < 1.29 is 0 Å². The van der Waals surface area contributed by atoms with Crippen LogP contribution in [-0.2, 0) is 6.42 Å². The molecule has 13 heavy (non-hydrogen) atoms. The van der Waals surface area contributed by atoms with Crippen LogP contribution in [0.1, 0.15) is 12.0 Å². The lowest BCUT2D eigenvalue weighted by atomic mass is 10.0. The maximum atomic E-state index is 5.52. The second kappa shape index (κ2) is 5.73. The number of nitrogens with one attached hydrogen (secondary N) is 1. The summed E-state index contributed by atoms with van der Waals surface area (Å²) in [5, 5.41) is 3.27. The van der Waals surface area contributed by atoms with E-state index in [4.69, 9.17) is 5.73 Å². The Kier molecular flexibility index (Phi) is 4.50. The van der Waals surface area contributed by atoms with Crippen molar-refractivity contribution in [1.82, 2.24) is 5.32 Å². The molecule has 1 unspecified atom stereocenters. The predicted octanol–water partition coefficient (Wildman–Crippen LogP) is 1.17. The summed E-state index contributed by atoms with van der Waals surface area (Å²) in [7, 11) is 1.99. The molecule has 0 bridgehead atoms. The van der Waals surface area contributed by atoms with Gasteiger partial charge in [0, 0.05) is 6.04 Å². The third kappa shape index (κ3) is 3.57. The van der Waals surface area contributed by atoms with Gasteiger partial charge in [-0.2, -0.15) is 0 Å². The van der Waals surface area contributed by atoms with E-state index in [1.54, 1.807) is 0 Å². The third-order valence-electron chi connectivity index (χ3n) is 2.25. The van der Waals surface area contributed by atoms with Crippen LogP contribution in [0.25, 0.3) is 0 Å². The lowest BCUT2D eigenvalue weighted by molar-refractivity contribution is 0.526. The molecule has 72 valence electrons. The van der Waals surface area contributed by atoms with Gasteiger partial charge in [-0.05, 0) is 32.0 Å². The molecule has 1 aromatic rings. The monoisotopic (exact) mass is 178 g/mol. The first-order valence-corrected chi connectivity index (χ1v) is 4.78. The summed E-state index contributed by atoms with van der Waals surface area (Å²) in [6, 6.07) is 11.0. The second-order valence-electron chi connectivity index (χ2n) is 3.25. The van der Waals surface area contributed by atoms with Crippen LogP contribution in [0, 0.1) is 0 Å². The molecule has 0 amide bonds. The maximum Gasteiger partial charge on any atom is 0.0116 e. The quantitative estimate of drug-likeness (QED) is 0.710. The molecule has 2 nitrogen and oxygen atoms in total. The highest BCUT2D eigenvalue weighted by molar-refractivity contribution is 5.15. The summed E-state index contributed by atoms with van der Waals surface area (Å²) >= 11 is 0. The Hall–Kier alpha value is -0.860. The second-order valence-corrected chi connectivity index (χ2v) is 3.25. The van der Waals surface area contributed by atoms with Crippen LogP contribution in [0.2, 0.25) is 0 Å². The molecule has 1 aromatic carbocycles. The number of rotatable bonds is 5. The van der Waals surface area contributed by atoms with E-state index < -0.39 is 0 Å². The van der Waals surface area contributed by atoms with Crippen molar-refractivity contribution in [2.24, 2.45) is 5.73 Å². The summed E-state index contributed by atoms with van der Waals surface area (Å²) in [4.78, 5) is 0. The first kappa shape index (κ1) is 10.2. The fraction of sp³-hybridized carbons (Fsp3) is 0.455. The molecule has 0 fully saturated rings. The minimum absolute atomic E-state index is 0.507. The van der Waals surface area contributed by atoms with Gasteiger partial charge in [0.25, 0.3) is 0 Å². The third-order valence-corrected chi connectivity index (χ3v) is 2.25. The molecule has 0 aliphatic rings. The van der Waals surface area contributed by atoms with Crippen molar-refractivity contribution in [1.29, 1.82) is 0 Å². The largest absolute Gasteiger partial charge is 0.330 e. The van der Waals surface area contributed by atoms with Crippen molar-refractivity contribution in [3.63, 3.8) is 0 Å². The molecule has 0 heterocycles. The van der Waals surface area contributed by atoms with Gasteiger partial charge in [0.2, 0.25) is 0 Å². The molecular formula is C11H18N2. The number of hydrogen-bond donors (Lipinski definition) is 2. The molecule has 0 aliphatic heterocycles. The Balaban J connectivity index is 2.46. The number of likely N-dealkylation sites (N-methyl/N-ethyl adjacent to an activating group) is 1. The highest BCUT2D eigenvalue weighted by Gasteiger charge is 2.04. The summed E-state index contributed by atoms with van der Waals surface area (Å²) in [6.07, 6.45) is 2.10. The minimum Gasteiger partial charge on any atom is -0.330 e. The lowest BCUT2D eigenvalue weighted by Crippen LogP contribution is -2.29. The summed E-state index contributed by atoms with van der Waals surface area (Å²) in [6.45, 7) is 0.748. The van der Waals surface area contributed by atoms with E-state index in [0.29, 0.717) is 6.04 Å². The highest BCUT2D eigenvalue weighted by atomic mass is 14.9. The van der Waals surface area contributed by atoms with Crippen LogP contribution in [0.5, 0.6) is 0 Å². The van der Waals surface area contributed by atoms with Crippen LogP contribution >= 0.6 is 0 Å². The van der Waals surface area contributed by atoms with Crippen LogP contribution in [0.3, 0.4) is 0 Å². The molecule has 0 aliphatic carbocycles. The Morgan fingerprint density at radius 3 is 2.54 bits per heavy atom. The normalized spacial score (nSPS) is 12.8. The van der Waals surface area contributed by atoms with Crippen LogP contribution in [0.4, 0.5) is 0 Å². The smallest absolute Gasteiger partial charge is 0.0116 e. The first-order valence-electron chi connectivity index (χ1n) is 4.78. The summed E-state index contributed by atoms with van der Waals surface area (Å²) < 4.78 is 0. The van der Waals surface area contributed by atoms with Crippen molar-refractivity contribution in [2.75, 3.05) is 13.6 Å². The molecule has 3 N–H and O–H groups in total. The number of benzene rings is 1. The van der Waals surface area contributed by atoms with Crippen LogP contribution in [-0.4, -0.2) is 19.6 Å². The SMILES string of the molecule is CNC(CCN)Cc1ccccc1. The van der Waals surface area contributed by atoms with Crippen molar-refractivity contribution in [2.45, 2.75) is 18.9 Å². The fourth-order valence-electron chi connectivity index (χ4n) is 1.45. The van der Waals surface area contributed by atoms with Gasteiger partial charge in [-0.1, -0.05) is 30.3 Å². The van der Waals surface area contributed by atoms with E-state index in [1.165, 1.54) is 5.56 Å². The van der Waals surface area contributed by atoms with E-state index in [1.807, 2.05) is 13.1 Å². The Labute approximate surface area is 80.1 Å². The molecule has 0 radical (unpaired) electrons. The highest BCUT2D eigenvalue weighted by Crippen LogP contribution is 2.04. The molecule has 1 rings (SSSR count). The Morgan fingerprint density at radius 1 is 1.31 bits per heavy atom. The maximum absolute atomic E-state index is 5.52. The summed E-state index contributed by atoms with van der Waals surface area (Å²) in [5.41, 5.74) is 6.89. The van der Waals surface area contributed by atoms with Gasteiger partial charge >= 0.3 is 0 Å². The van der Waals surface area contributed by atoms with Crippen LogP contribution < -0.4 is 11.1 Å². The van der Waals surface area contributed by atoms with Crippen molar-refractivity contribution >= 4 is 0 Å². The molecule has 1 atom stereocenters.